The molecule has 0 saturated carbocycles. The number of rotatable bonds is 14. The molecule has 0 unspecified atom stereocenters. The van der Waals surface area contributed by atoms with Crippen LogP contribution in [-0.4, -0.2) is 62.3 Å². The van der Waals surface area contributed by atoms with E-state index in [-0.39, 0.29) is 41.8 Å². The van der Waals surface area contributed by atoms with E-state index in [1.54, 1.807) is 47.1 Å². The molecule has 3 aromatic rings. The minimum atomic E-state index is -1.12. The fourth-order valence-corrected chi connectivity index (χ4v) is 4.39. The quantitative estimate of drug-likeness (QED) is 0.137. The molecule has 0 aromatic heterocycles. The highest BCUT2D eigenvalue weighted by molar-refractivity contribution is 6.48. The molecule has 242 valence electrons. The maximum Gasteiger partial charge on any atom is 0.417 e. The summed E-state index contributed by atoms with van der Waals surface area (Å²) in [6.45, 7) is 6.87. The van der Waals surface area contributed by atoms with Gasteiger partial charge in [-0.2, -0.15) is 0 Å². The van der Waals surface area contributed by atoms with Crippen LogP contribution in [-0.2, 0) is 27.5 Å². The molecule has 10 nitrogen and oxygen atoms in total. The number of amides is 2. The van der Waals surface area contributed by atoms with Crippen LogP contribution in [0, 0.1) is 0 Å². The Morgan fingerprint density at radius 1 is 0.800 bits per heavy atom. The Balaban J connectivity index is 1.96. The molecule has 0 aliphatic carbocycles. The first kappa shape index (κ1) is 35.2. The van der Waals surface area contributed by atoms with Gasteiger partial charge in [-0.05, 0) is 74.7 Å². The molecule has 11 heteroatoms. The maximum atomic E-state index is 13.6. The van der Waals surface area contributed by atoms with Crippen LogP contribution >= 0.6 is 11.6 Å². The number of imide groups is 1. The van der Waals surface area contributed by atoms with Gasteiger partial charge in [0.15, 0.2) is 11.5 Å². The van der Waals surface area contributed by atoms with Crippen molar-refractivity contribution in [1.29, 1.82) is 0 Å². The molecule has 0 N–H and O–H groups in total. The van der Waals surface area contributed by atoms with Crippen molar-refractivity contribution in [2.45, 2.75) is 59.0 Å². The van der Waals surface area contributed by atoms with Gasteiger partial charge in [0.1, 0.15) is 30.3 Å². The van der Waals surface area contributed by atoms with Gasteiger partial charge in [0.2, 0.25) is 0 Å². The number of hydrogen-bond acceptors (Lipinski definition) is 9. The number of hydrogen-bond donors (Lipinski definition) is 0. The van der Waals surface area contributed by atoms with E-state index in [4.69, 9.17) is 40.0 Å². The Labute approximate surface area is 269 Å². The van der Waals surface area contributed by atoms with E-state index in [1.807, 2.05) is 43.3 Å². The van der Waals surface area contributed by atoms with E-state index in [0.717, 1.165) is 16.0 Å². The summed E-state index contributed by atoms with van der Waals surface area (Å²) in [5.74, 6) is -0.439. The van der Waals surface area contributed by atoms with Crippen molar-refractivity contribution in [2.75, 3.05) is 27.9 Å². The topological polar surface area (TPSA) is 110 Å². The smallest absolute Gasteiger partial charge is 0.417 e. The SMILES string of the molecule is CC[C@H](CN(C(=O)OC(C)(C)C)C(=O)C(=O)c1ccc(OCc2ccc(OC)cc2)c(OCc2ccc(OC)cc2)c1Cl)OC. The number of Topliss-reactive ketones (excluding diaryl/α,β-unsaturated/α-hetero) is 1. The molecule has 0 spiro atoms. The fourth-order valence-electron chi connectivity index (χ4n) is 4.09. The van der Waals surface area contributed by atoms with Gasteiger partial charge in [0.05, 0.1) is 37.5 Å². The summed E-state index contributed by atoms with van der Waals surface area (Å²) in [6, 6.07) is 17.4. The van der Waals surface area contributed by atoms with Crippen molar-refractivity contribution in [1.82, 2.24) is 4.90 Å². The van der Waals surface area contributed by atoms with E-state index in [0.29, 0.717) is 17.9 Å². The second-order valence-corrected chi connectivity index (χ2v) is 11.4. The molecule has 0 heterocycles. The van der Waals surface area contributed by atoms with Crippen LogP contribution in [0.3, 0.4) is 0 Å². The lowest BCUT2D eigenvalue weighted by atomic mass is 10.1. The monoisotopic (exact) mass is 641 g/mol. The lowest BCUT2D eigenvalue weighted by Gasteiger charge is -2.28. The molecule has 45 heavy (non-hydrogen) atoms. The van der Waals surface area contributed by atoms with Gasteiger partial charge in [-0.1, -0.05) is 42.8 Å². The number of carbonyl (C=O) groups is 3. The number of methoxy groups -OCH3 is 3. The molecule has 3 aromatic carbocycles. The number of nitrogens with zero attached hydrogens (tertiary/aromatic N) is 1. The van der Waals surface area contributed by atoms with Crippen molar-refractivity contribution < 1.29 is 42.8 Å². The van der Waals surface area contributed by atoms with Crippen LogP contribution < -0.4 is 18.9 Å². The van der Waals surface area contributed by atoms with Gasteiger partial charge in [-0.25, -0.2) is 9.69 Å². The van der Waals surface area contributed by atoms with Crippen molar-refractivity contribution in [3.8, 4) is 23.0 Å². The van der Waals surface area contributed by atoms with E-state index < -0.39 is 29.5 Å². The molecule has 0 aliphatic heterocycles. The normalized spacial score (nSPS) is 11.7. The maximum absolute atomic E-state index is 13.6. The third-order valence-electron chi connectivity index (χ3n) is 6.63. The van der Waals surface area contributed by atoms with Crippen molar-refractivity contribution in [2.24, 2.45) is 0 Å². The molecule has 3 rings (SSSR count). The second kappa shape index (κ2) is 16.2. The summed E-state index contributed by atoms with van der Waals surface area (Å²) in [5.41, 5.74) is 0.570. The first-order valence-electron chi connectivity index (χ1n) is 14.4. The van der Waals surface area contributed by atoms with Crippen LogP contribution in [0.1, 0.15) is 55.6 Å². The molecule has 2 amide bonds. The van der Waals surface area contributed by atoms with E-state index >= 15 is 0 Å². The molecule has 0 saturated heterocycles. The highest BCUT2D eigenvalue weighted by Gasteiger charge is 2.35. The fraction of sp³-hybridized carbons (Fsp3) is 0.382. The Morgan fingerprint density at radius 2 is 1.33 bits per heavy atom. The summed E-state index contributed by atoms with van der Waals surface area (Å²) in [4.78, 5) is 41.0. The highest BCUT2D eigenvalue weighted by atomic mass is 35.5. The predicted molar refractivity (Wildman–Crippen MR) is 169 cm³/mol. The van der Waals surface area contributed by atoms with Crippen LogP contribution in [0.2, 0.25) is 5.02 Å². The summed E-state index contributed by atoms with van der Waals surface area (Å²) in [7, 11) is 4.62. The first-order valence-corrected chi connectivity index (χ1v) is 14.7. The number of ketones is 1. The van der Waals surface area contributed by atoms with Gasteiger partial charge in [-0.15, -0.1) is 0 Å². The molecule has 0 radical (unpaired) electrons. The van der Waals surface area contributed by atoms with Crippen LogP contribution in [0.15, 0.2) is 60.7 Å². The Hall–Kier alpha value is -4.28. The third kappa shape index (κ3) is 9.86. The Morgan fingerprint density at radius 3 is 1.80 bits per heavy atom. The average Bonchev–Trinajstić information content (AvgIpc) is 3.03. The summed E-state index contributed by atoms with van der Waals surface area (Å²) in [5, 5.41) is -0.142. The minimum absolute atomic E-state index is 0.0618. The Kier molecular flexibility index (Phi) is 12.6. The van der Waals surface area contributed by atoms with Crippen LogP contribution in [0.4, 0.5) is 4.79 Å². The molecule has 0 bridgehead atoms. The highest BCUT2D eigenvalue weighted by Crippen LogP contribution is 2.39. The molecular formula is C34H40ClNO9. The number of carbonyl (C=O) groups excluding carboxylic acids is 3. The zero-order valence-corrected chi connectivity index (χ0v) is 27.4. The number of ether oxygens (including phenoxy) is 6. The van der Waals surface area contributed by atoms with Crippen LogP contribution in [0.25, 0.3) is 0 Å². The lowest BCUT2D eigenvalue weighted by molar-refractivity contribution is -0.127. The van der Waals surface area contributed by atoms with Gasteiger partial charge in [0.25, 0.3) is 5.78 Å². The van der Waals surface area contributed by atoms with Gasteiger partial charge < -0.3 is 28.4 Å². The van der Waals surface area contributed by atoms with Gasteiger partial charge in [0, 0.05) is 7.11 Å². The lowest BCUT2D eigenvalue weighted by Crippen LogP contribution is -2.47. The summed E-state index contributed by atoms with van der Waals surface area (Å²) < 4.78 is 33.4. The Bertz CT molecular complexity index is 1450. The van der Waals surface area contributed by atoms with Crippen molar-refractivity contribution in [3.63, 3.8) is 0 Å². The zero-order chi connectivity index (χ0) is 33.1. The first-order chi connectivity index (χ1) is 21.4. The molecule has 1 atom stereocenters. The second-order valence-electron chi connectivity index (χ2n) is 11.0. The summed E-state index contributed by atoms with van der Waals surface area (Å²) in [6.07, 6.45) is -0.994. The van der Waals surface area contributed by atoms with Crippen molar-refractivity contribution in [3.05, 3.63) is 82.4 Å². The van der Waals surface area contributed by atoms with Crippen molar-refractivity contribution >= 4 is 29.4 Å². The van der Waals surface area contributed by atoms with Crippen LogP contribution in [0.5, 0.6) is 23.0 Å². The van der Waals surface area contributed by atoms with E-state index in [2.05, 4.69) is 0 Å². The number of halogens is 1. The molecule has 0 aliphatic rings. The summed E-state index contributed by atoms with van der Waals surface area (Å²) >= 11 is 6.77. The average molecular weight is 642 g/mol. The van der Waals surface area contributed by atoms with E-state index in [1.165, 1.54) is 19.2 Å². The molecule has 0 fully saturated rings. The van der Waals surface area contributed by atoms with E-state index in [9.17, 15) is 14.4 Å². The third-order valence-corrected chi connectivity index (χ3v) is 7.00. The standard InChI is InChI=1S/C34H40ClNO9/c1-8-24(40-5)19-36(33(39)45-34(2,3)4)32(38)30(37)27-17-18-28(43-20-22-9-13-25(41-6)14-10-22)31(29(27)35)44-21-23-11-15-26(42-7)16-12-23/h9-18,24H,8,19-21H2,1-7H3/t24-/m1/s1. The van der Waals surface area contributed by atoms with Gasteiger partial charge >= 0.3 is 12.0 Å². The number of benzene rings is 3. The molecular weight excluding hydrogens is 602 g/mol. The predicted octanol–water partition coefficient (Wildman–Crippen LogP) is 6.89. The van der Waals surface area contributed by atoms with Gasteiger partial charge in [-0.3, -0.25) is 9.59 Å². The minimum Gasteiger partial charge on any atom is -0.497 e. The largest absolute Gasteiger partial charge is 0.497 e. The zero-order valence-electron chi connectivity index (χ0n) is 26.7.